The number of nitrogens with zero attached hydrogens (tertiary/aromatic N) is 2. The van der Waals surface area contributed by atoms with Crippen LogP contribution in [0.1, 0.15) is 23.5 Å². The monoisotopic (exact) mass is 270 g/mol. The van der Waals surface area contributed by atoms with E-state index in [0.29, 0.717) is 13.0 Å². The summed E-state index contributed by atoms with van der Waals surface area (Å²) in [6.45, 7) is 3.33. The molecule has 2 heterocycles. The summed E-state index contributed by atoms with van der Waals surface area (Å²) in [5.41, 5.74) is 0.988. The molecule has 18 heavy (non-hydrogen) atoms. The van der Waals surface area contributed by atoms with Gasteiger partial charge in [0.05, 0.1) is 19.8 Å². The zero-order valence-corrected chi connectivity index (χ0v) is 11.4. The third-order valence-corrected chi connectivity index (χ3v) is 4.10. The molecule has 1 saturated heterocycles. The molecule has 0 bridgehead atoms. The van der Waals surface area contributed by atoms with Gasteiger partial charge in [-0.3, -0.25) is 9.69 Å². The lowest BCUT2D eigenvalue weighted by Gasteiger charge is -2.36. The van der Waals surface area contributed by atoms with Gasteiger partial charge in [-0.15, -0.1) is 11.3 Å². The number of thiazole rings is 1. The second kappa shape index (κ2) is 5.77. The molecule has 1 N–H and O–H groups in total. The van der Waals surface area contributed by atoms with Gasteiger partial charge in [-0.05, 0) is 26.3 Å². The third kappa shape index (κ3) is 2.88. The van der Waals surface area contributed by atoms with Crippen molar-refractivity contribution in [2.24, 2.45) is 0 Å². The third-order valence-electron chi connectivity index (χ3n) is 3.15. The lowest BCUT2D eigenvalue weighted by Crippen LogP contribution is -2.52. The van der Waals surface area contributed by atoms with Crippen LogP contribution in [0.25, 0.3) is 0 Å². The Morgan fingerprint density at radius 1 is 1.72 bits per heavy atom. The summed E-state index contributed by atoms with van der Waals surface area (Å²) in [4.78, 5) is 18.1. The topological polar surface area (TPSA) is 62.7 Å². The molecular weight excluding hydrogens is 252 g/mol. The number of aliphatic hydroxyl groups is 1. The van der Waals surface area contributed by atoms with Crippen molar-refractivity contribution in [2.45, 2.75) is 38.5 Å². The number of rotatable bonds is 3. The maximum atomic E-state index is 11.7. The standard InChI is InChI=1S/C12H18N2O3S/c1-8-7-18-10(13-8)6-14-5-3-4-9(15)11(14)12(16)17-2/h7,9,11,15H,3-6H2,1-2H3. The molecule has 2 atom stereocenters. The van der Waals surface area contributed by atoms with Crippen LogP contribution >= 0.6 is 11.3 Å². The Hall–Kier alpha value is -0.980. The lowest BCUT2D eigenvalue weighted by atomic mass is 9.99. The normalized spacial score (nSPS) is 25.1. The summed E-state index contributed by atoms with van der Waals surface area (Å²) in [5, 5.41) is 12.9. The number of hydrogen-bond donors (Lipinski definition) is 1. The van der Waals surface area contributed by atoms with Gasteiger partial charge in [0.15, 0.2) is 0 Å². The van der Waals surface area contributed by atoms with E-state index in [1.165, 1.54) is 7.11 Å². The molecule has 1 aromatic rings. The maximum absolute atomic E-state index is 11.7. The first-order chi connectivity index (χ1) is 8.61. The summed E-state index contributed by atoms with van der Waals surface area (Å²) in [7, 11) is 1.36. The van der Waals surface area contributed by atoms with E-state index in [4.69, 9.17) is 4.74 Å². The molecular formula is C12H18N2O3S. The summed E-state index contributed by atoms with van der Waals surface area (Å²) in [5.74, 6) is -0.365. The number of aryl methyl sites for hydroxylation is 1. The fourth-order valence-electron chi connectivity index (χ4n) is 2.30. The minimum absolute atomic E-state index is 0.365. The van der Waals surface area contributed by atoms with Gasteiger partial charge in [0.1, 0.15) is 11.0 Å². The summed E-state index contributed by atoms with van der Waals surface area (Å²) in [6.07, 6.45) is 0.888. The van der Waals surface area contributed by atoms with Gasteiger partial charge in [0.2, 0.25) is 0 Å². The first-order valence-electron chi connectivity index (χ1n) is 6.02. The van der Waals surface area contributed by atoms with Gasteiger partial charge in [0, 0.05) is 11.1 Å². The van der Waals surface area contributed by atoms with E-state index in [-0.39, 0.29) is 5.97 Å². The fraction of sp³-hybridized carbons (Fsp3) is 0.667. The van der Waals surface area contributed by atoms with E-state index < -0.39 is 12.1 Å². The smallest absolute Gasteiger partial charge is 0.325 e. The van der Waals surface area contributed by atoms with Crippen LogP contribution in [0, 0.1) is 6.92 Å². The number of hydrogen-bond acceptors (Lipinski definition) is 6. The van der Waals surface area contributed by atoms with Crippen LogP contribution < -0.4 is 0 Å². The number of piperidine rings is 1. The molecule has 1 aliphatic rings. The minimum atomic E-state index is -0.646. The van der Waals surface area contributed by atoms with Crippen molar-refractivity contribution < 1.29 is 14.6 Å². The van der Waals surface area contributed by atoms with Crippen LogP contribution in [0.4, 0.5) is 0 Å². The minimum Gasteiger partial charge on any atom is -0.468 e. The van der Waals surface area contributed by atoms with Crippen LogP contribution in [0.15, 0.2) is 5.38 Å². The molecule has 1 aliphatic heterocycles. The van der Waals surface area contributed by atoms with E-state index in [2.05, 4.69) is 4.98 Å². The molecule has 0 aliphatic carbocycles. The highest BCUT2D eigenvalue weighted by Crippen LogP contribution is 2.22. The number of aromatic nitrogens is 1. The first kappa shape index (κ1) is 13.5. The summed E-state index contributed by atoms with van der Waals surface area (Å²) >= 11 is 1.58. The van der Waals surface area contributed by atoms with Crippen molar-refractivity contribution in [3.63, 3.8) is 0 Å². The highest BCUT2D eigenvalue weighted by atomic mass is 32.1. The largest absolute Gasteiger partial charge is 0.468 e. The first-order valence-corrected chi connectivity index (χ1v) is 6.90. The van der Waals surface area contributed by atoms with Crippen molar-refractivity contribution in [3.8, 4) is 0 Å². The van der Waals surface area contributed by atoms with Gasteiger partial charge in [-0.25, -0.2) is 4.98 Å². The van der Waals surface area contributed by atoms with Gasteiger partial charge < -0.3 is 9.84 Å². The van der Waals surface area contributed by atoms with Crippen LogP contribution in [0.2, 0.25) is 0 Å². The zero-order valence-electron chi connectivity index (χ0n) is 10.6. The maximum Gasteiger partial charge on any atom is 0.325 e. The van der Waals surface area contributed by atoms with E-state index in [1.807, 2.05) is 17.2 Å². The predicted molar refractivity (Wildman–Crippen MR) is 68.3 cm³/mol. The number of carbonyl (C=O) groups excluding carboxylic acids is 1. The molecule has 0 saturated carbocycles. The Morgan fingerprint density at radius 2 is 2.50 bits per heavy atom. The van der Waals surface area contributed by atoms with Crippen molar-refractivity contribution in [1.29, 1.82) is 0 Å². The quantitative estimate of drug-likeness (QED) is 0.829. The average Bonchev–Trinajstić information content (AvgIpc) is 2.74. The van der Waals surface area contributed by atoms with Crippen LogP contribution in [-0.2, 0) is 16.1 Å². The van der Waals surface area contributed by atoms with E-state index in [9.17, 15) is 9.90 Å². The number of methoxy groups -OCH3 is 1. The van der Waals surface area contributed by atoms with Crippen LogP contribution in [0.3, 0.4) is 0 Å². The van der Waals surface area contributed by atoms with Crippen molar-refractivity contribution in [3.05, 3.63) is 16.1 Å². The second-order valence-electron chi connectivity index (χ2n) is 4.53. The van der Waals surface area contributed by atoms with Gasteiger partial charge in [-0.1, -0.05) is 0 Å². The molecule has 6 heteroatoms. The Morgan fingerprint density at radius 3 is 3.11 bits per heavy atom. The lowest BCUT2D eigenvalue weighted by molar-refractivity contribution is -0.154. The molecule has 2 unspecified atom stereocenters. The van der Waals surface area contributed by atoms with Crippen molar-refractivity contribution in [1.82, 2.24) is 9.88 Å². The van der Waals surface area contributed by atoms with Crippen LogP contribution in [0.5, 0.6) is 0 Å². The van der Waals surface area contributed by atoms with Gasteiger partial charge in [0.25, 0.3) is 0 Å². The van der Waals surface area contributed by atoms with Crippen LogP contribution in [-0.4, -0.2) is 46.8 Å². The van der Waals surface area contributed by atoms with Crippen molar-refractivity contribution >= 4 is 17.3 Å². The molecule has 0 radical (unpaired) electrons. The molecule has 0 aromatic carbocycles. The van der Waals surface area contributed by atoms with Gasteiger partial charge in [-0.2, -0.15) is 0 Å². The second-order valence-corrected chi connectivity index (χ2v) is 5.47. The van der Waals surface area contributed by atoms with Crippen molar-refractivity contribution in [2.75, 3.05) is 13.7 Å². The van der Waals surface area contributed by atoms with E-state index >= 15 is 0 Å². The Bertz CT molecular complexity index is 421. The molecule has 0 spiro atoms. The Labute approximate surface area is 110 Å². The Balaban J connectivity index is 2.10. The zero-order chi connectivity index (χ0) is 13.1. The number of carbonyl (C=O) groups is 1. The highest BCUT2D eigenvalue weighted by molar-refractivity contribution is 7.09. The van der Waals surface area contributed by atoms with E-state index in [0.717, 1.165) is 23.7 Å². The summed E-state index contributed by atoms with van der Waals surface area (Å²) < 4.78 is 4.78. The number of likely N-dealkylation sites (tertiary alicyclic amines) is 1. The SMILES string of the molecule is COC(=O)C1C(O)CCCN1Cc1nc(C)cs1. The molecule has 0 amide bonds. The molecule has 5 nitrogen and oxygen atoms in total. The molecule has 100 valence electrons. The van der Waals surface area contributed by atoms with E-state index in [1.54, 1.807) is 11.3 Å². The highest BCUT2D eigenvalue weighted by Gasteiger charge is 2.36. The number of esters is 1. The molecule has 1 fully saturated rings. The summed E-state index contributed by atoms with van der Waals surface area (Å²) in [6, 6.07) is -0.562. The fourth-order valence-corrected chi connectivity index (χ4v) is 3.09. The molecule has 1 aromatic heterocycles. The molecule has 2 rings (SSSR count). The van der Waals surface area contributed by atoms with Gasteiger partial charge >= 0.3 is 5.97 Å². The number of ether oxygens (including phenoxy) is 1. The average molecular weight is 270 g/mol. The predicted octanol–water partition coefficient (Wildman–Crippen LogP) is 0.950. The number of aliphatic hydroxyl groups excluding tert-OH is 1. The Kier molecular flexibility index (Phi) is 4.31.